The molecule has 0 fully saturated rings. The Labute approximate surface area is 80.0 Å². The van der Waals surface area contributed by atoms with Crippen LogP contribution in [0, 0.1) is 6.92 Å². The number of aryl methyl sites for hydroxylation is 1. The number of methoxy groups -OCH3 is 1. The van der Waals surface area contributed by atoms with Gasteiger partial charge in [0.2, 0.25) is 0 Å². The van der Waals surface area contributed by atoms with Crippen molar-refractivity contribution in [3.05, 3.63) is 41.0 Å². The average Bonchev–Trinajstić information content (AvgIpc) is 2.04. The van der Waals surface area contributed by atoms with Crippen molar-refractivity contribution in [3.8, 4) is 0 Å². The molecule has 0 bridgehead atoms. The van der Waals surface area contributed by atoms with Crippen molar-refractivity contribution in [2.24, 2.45) is 0 Å². The Kier molecular flexibility index (Phi) is 3.71. The Bertz CT molecular complexity index is 300. The maximum atomic E-state index is 5.09. The third-order valence-electron chi connectivity index (χ3n) is 1.83. The molecule has 0 N–H and O–H groups in total. The van der Waals surface area contributed by atoms with Crippen LogP contribution in [0.3, 0.4) is 0 Å². The van der Waals surface area contributed by atoms with Gasteiger partial charge in [-0.15, -0.1) is 0 Å². The van der Waals surface area contributed by atoms with Gasteiger partial charge in [0.25, 0.3) is 0 Å². The molecule has 0 heterocycles. The van der Waals surface area contributed by atoms with Crippen LogP contribution < -0.4 is 0 Å². The number of ether oxygens (including phenoxy) is 1. The maximum Gasteiger partial charge on any atom is 0.0713 e. The monoisotopic (exact) mass is 176 g/mol. The molecular formula is C12H16O. The van der Waals surface area contributed by atoms with E-state index in [0.717, 1.165) is 0 Å². The minimum atomic E-state index is 0.687. The van der Waals surface area contributed by atoms with Gasteiger partial charge in [0.1, 0.15) is 0 Å². The molecule has 13 heavy (non-hydrogen) atoms. The molecule has 1 heteroatoms. The lowest BCUT2D eigenvalue weighted by atomic mass is 10.1. The molecule has 70 valence electrons. The zero-order chi connectivity index (χ0) is 9.68. The second kappa shape index (κ2) is 4.83. The molecule has 1 aromatic carbocycles. The fourth-order valence-electron chi connectivity index (χ4n) is 1.43. The zero-order valence-electron chi connectivity index (χ0n) is 8.50. The number of benzene rings is 1. The van der Waals surface area contributed by atoms with Gasteiger partial charge in [0.05, 0.1) is 6.61 Å². The number of allylic oxidation sites excluding steroid dienone is 1. The summed E-state index contributed by atoms with van der Waals surface area (Å²) in [7, 11) is 1.72. The molecule has 0 aromatic heterocycles. The Morgan fingerprint density at radius 1 is 1.31 bits per heavy atom. The molecular weight excluding hydrogens is 160 g/mol. The Morgan fingerprint density at radius 2 is 2.08 bits per heavy atom. The topological polar surface area (TPSA) is 9.23 Å². The third kappa shape index (κ3) is 3.03. The molecule has 0 radical (unpaired) electrons. The number of hydrogen-bond donors (Lipinski definition) is 0. The Morgan fingerprint density at radius 3 is 2.69 bits per heavy atom. The van der Waals surface area contributed by atoms with Gasteiger partial charge >= 0.3 is 0 Å². The molecule has 0 atom stereocenters. The Balaban J connectivity index is 2.96. The summed E-state index contributed by atoms with van der Waals surface area (Å²) in [6, 6.07) is 6.46. The summed E-state index contributed by atoms with van der Waals surface area (Å²) < 4.78 is 5.09. The molecule has 0 unspecified atom stereocenters. The standard InChI is InChI=1S/C12H16O/c1-4-5-11-6-10(2)7-12(8-11)9-13-3/h4-8H,9H2,1-3H3. The molecule has 0 amide bonds. The lowest BCUT2D eigenvalue weighted by molar-refractivity contribution is 0.185. The van der Waals surface area contributed by atoms with Crippen LogP contribution in [0.2, 0.25) is 0 Å². The summed E-state index contributed by atoms with van der Waals surface area (Å²) in [4.78, 5) is 0. The summed E-state index contributed by atoms with van der Waals surface area (Å²) in [5.41, 5.74) is 3.76. The van der Waals surface area contributed by atoms with E-state index in [-0.39, 0.29) is 0 Å². The first-order valence-corrected chi connectivity index (χ1v) is 4.48. The van der Waals surface area contributed by atoms with Crippen molar-refractivity contribution in [3.63, 3.8) is 0 Å². The van der Waals surface area contributed by atoms with Gasteiger partial charge in [-0.1, -0.05) is 29.8 Å². The molecule has 0 spiro atoms. The van der Waals surface area contributed by atoms with Crippen molar-refractivity contribution < 1.29 is 4.74 Å². The highest BCUT2D eigenvalue weighted by atomic mass is 16.5. The van der Waals surface area contributed by atoms with E-state index in [1.54, 1.807) is 7.11 Å². The van der Waals surface area contributed by atoms with E-state index in [0.29, 0.717) is 6.61 Å². The maximum absolute atomic E-state index is 5.09. The fraction of sp³-hybridized carbons (Fsp3) is 0.333. The van der Waals surface area contributed by atoms with Gasteiger partial charge in [-0.25, -0.2) is 0 Å². The van der Waals surface area contributed by atoms with E-state index in [1.807, 2.05) is 13.0 Å². The van der Waals surface area contributed by atoms with Crippen molar-refractivity contribution in [2.75, 3.05) is 7.11 Å². The van der Waals surface area contributed by atoms with E-state index in [4.69, 9.17) is 4.74 Å². The molecule has 0 aliphatic rings. The van der Waals surface area contributed by atoms with E-state index < -0.39 is 0 Å². The van der Waals surface area contributed by atoms with Crippen LogP contribution in [0.4, 0.5) is 0 Å². The van der Waals surface area contributed by atoms with Crippen LogP contribution in [0.1, 0.15) is 23.6 Å². The molecule has 0 aliphatic heterocycles. The van der Waals surface area contributed by atoms with Gasteiger partial charge in [-0.3, -0.25) is 0 Å². The lowest BCUT2D eigenvalue weighted by Gasteiger charge is -2.03. The van der Waals surface area contributed by atoms with E-state index in [9.17, 15) is 0 Å². The predicted octanol–water partition coefficient (Wildman–Crippen LogP) is 3.17. The summed E-state index contributed by atoms with van der Waals surface area (Å²) in [5.74, 6) is 0. The molecule has 0 saturated heterocycles. The highest BCUT2D eigenvalue weighted by molar-refractivity contribution is 5.51. The molecule has 0 aliphatic carbocycles. The van der Waals surface area contributed by atoms with Crippen LogP contribution in [0.15, 0.2) is 24.3 Å². The van der Waals surface area contributed by atoms with E-state index in [2.05, 4.69) is 31.2 Å². The van der Waals surface area contributed by atoms with Crippen LogP contribution in [0.25, 0.3) is 6.08 Å². The molecule has 1 rings (SSSR count). The van der Waals surface area contributed by atoms with Crippen molar-refractivity contribution in [2.45, 2.75) is 20.5 Å². The molecule has 1 nitrogen and oxygen atoms in total. The second-order valence-corrected chi connectivity index (χ2v) is 3.18. The quantitative estimate of drug-likeness (QED) is 0.687. The highest BCUT2D eigenvalue weighted by Gasteiger charge is 1.95. The lowest BCUT2D eigenvalue weighted by Crippen LogP contribution is -1.89. The van der Waals surface area contributed by atoms with E-state index >= 15 is 0 Å². The second-order valence-electron chi connectivity index (χ2n) is 3.18. The first-order chi connectivity index (χ1) is 6.26. The van der Waals surface area contributed by atoms with Gasteiger partial charge in [-0.05, 0) is 31.0 Å². The first kappa shape index (κ1) is 10.0. The minimum Gasteiger partial charge on any atom is -0.380 e. The van der Waals surface area contributed by atoms with Gasteiger partial charge < -0.3 is 4.74 Å². The Hall–Kier alpha value is -1.08. The summed E-state index contributed by atoms with van der Waals surface area (Å²) in [5, 5.41) is 0. The predicted molar refractivity (Wildman–Crippen MR) is 56.6 cm³/mol. The fourth-order valence-corrected chi connectivity index (χ4v) is 1.43. The SMILES string of the molecule is CC=Cc1cc(C)cc(COC)c1. The van der Waals surface area contributed by atoms with Crippen LogP contribution >= 0.6 is 0 Å². The zero-order valence-corrected chi connectivity index (χ0v) is 8.50. The highest BCUT2D eigenvalue weighted by Crippen LogP contribution is 2.11. The first-order valence-electron chi connectivity index (χ1n) is 4.48. The average molecular weight is 176 g/mol. The summed E-state index contributed by atoms with van der Waals surface area (Å²) in [6.45, 7) is 4.82. The smallest absolute Gasteiger partial charge is 0.0713 e. The van der Waals surface area contributed by atoms with Crippen LogP contribution in [-0.4, -0.2) is 7.11 Å². The summed E-state index contributed by atoms with van der Waals surface area (Å²) in [6.07, 6.45) is 4.15. The van der Waals surface area contributed by atoms with Gasteiger partial charge in [0, 0.05) is 7.11 Å². The number of rotatable bonds is 3. The largest absolute Gasteiger partial charge is 0.380 e. The van der Waals surface area contributed by atoms with Gasteiger partial charge in [0.15, 0.2) is 0 Å². The van der Waals surface area contributed by atoms with Crippen LogP contribution in [-0.2, 0) is 11.3 Å². The van der Waals surface area contributed by atoms with Crippen molar-refractivity contribution >= 4 is 6.08 Å². The van der Waals surface area contributed by atoms with Crippen molar-refractivity contribution in [1.29, 1.82) is 0 Å². The third-order valence-corrected chi connectivity index (χ3v) is 1.83. The minimum absolute atomic E-state index is 0.687. The van der Waals surface area contributed by atoms with E-state index in [1.165, 1.54) is 16.7 Å². The molecule has 0 saturated carbocycles. The molecule has 1 aromatic rings. The number of hydrogen-bond acceptors (Lipinski definition) is 1. The van der Waals surface area contributed by atoms with Gasteiger partial charge in [-0.2, -0.15) is 0 Å². The van der Waals surface area contributed by atoms with Crippen LogP contribution in [0.5, 0.6) is 0 Å². The van der Waals surface area contributed by atoms with Crippen molar-refractivity contribution in [1.82, 2.24) is 0 Å². The summed E-state index contributed by atoms with van der Waals surface area (Å²) >= 11 is 0. The normalized spacial score (nSPS) is 11.0.